The van der Waals surface area contributed by atoms with Crippen LogP contribution in [-0.2, 0) is 6.18 Å². The SMILES string of the molecule is O=C(c1ccc(-c2ccc(C(F)(F)F)s2)cc1)N1CCC(C2CN(C(=O)c3nccs3)C2)CC1. The molecule has 2 aromatic heterocycles. The van der Waals surface area contributed by atoms with E-state index in [0.29, 0.717) is 57.3 Å². The Kier molecular flexibility index (Phi) is 6.20. The van der Waals surface area contributed by atoms with E-state index in [-0.39, 0.29) is 11.8 Å². The Morgan fingerprint density at radius 1 is 0.912 bits per heavy atom. The third-order valence-electron chi connectivity index (χ3n) is 6.61. The van der Waals surface area contributed by atoms with E-state index in [0.717, 1.165) is 32.0 Å². The first-order valence-corrected chi connectivity index (χ1v) is 12.7. The molecule has 10 heteroatoms. The highest BCUT2D eigenvalue weighted by atomic mass is 32.1. The smallest absolute Gasteiger partial charge is 0.339 e. The van der Waals surface area contributed by atoms with E-state index >= 15 is 0 Å². The van der Waals surface area contributed by atoms with Gasteiger partial charge in [-0.15, -0.1) is 22.7 Å². The van der Waals surface area contributed by atoms with E-state index in [2.05, 4.69) is 4.98 Å². The van der Waals surface area contributed by atoms with Gasteiger partial charge in [-0.25, -0.2) is 4.98 Å². The number of thiophene rings is 1. The van der Waals surface area contributed by atoms with Gasteiger partial charge in [-0.05, 0) is 54.5 Å². The third-order valence-corrected chi connectivity index (χ3v) is 8.55. The maximum Gasteiger partial charge on any atom is 0.425 e. The molecule has 4 heterocycles. The van der Waals surface area contributed by atoms with E-state index in [1.807, 2.05) is 9.80 Å². The van der Waals surface area contributed by atoms with Gasteiger partial charge in [-0.1, -0.05) is 12.1 Å². The zero-order valence-corrected chi connectivity index (χ0v) is 19.8. The van der Waals surface area contributed by atoms with E-state index in [4.69, 9.17) is 0 Å². The maximum absolute atomic E-state index is 12.9. The van der Waals surface area contributed by atoms with Crippen molar-refractivity contribution < 1.29 is 22.8 Å². The molecule has 2 amide bonds. The van der Waals surface area contributed by atoms with Crippen molar-refractivity contribution in [3.63, 3.8) is 0 Å². The van der Waals surface area contributed by atoms with Crippen LogP contribution in [0.5, 0.6) is 0 Å². The Bertz CT molecular complexity index is 1160. The summed E-state index contributed by atoms with van der Waals surface area (Å²) in [6, 6.07) is 9.32. The van der Waals surface area contributed by atoms with E-state index in [1.54, 1.807) is 35.8 Å². The molecular formula is C24H22F3N3O2S2. The number of rotatable bonds is 4. The predicted molar refractivity (Wildman–Crippen MR) is 125 cm³/mol. The van der Waals surface area contributed by atoms with Gasteiger partial charge < -0.3 is 9.80 Å². The highest BCUT2D eigenvalue weighted by Crippen LogP contribution is 2.38. The summed E-state index contributed by atoms with van der Waals surface area (Å²) in [5, 5.41) is 2.33. The fourth-order valence-electron chi connectivity index (χ4n) is 4.62. The van der Waals surface area contributed by atoms with Crippen molar-refractivity contribution in [1.82, 2.24) is 14.8 Å². The molecule has 3 aromatic rings. The summed E-state index contributed by atoms with van der Waals surface area (Å²) in [6.07, 6.45) is -0.896. The van der Waals surface area contributed by atoms with Crippen molar-refractivity contribution >= 4 is 34.5 Å². The maximum atomic E-state index is 12.9. The number of carbonyl (C=O) groups excluding carboxylic acids is 2. The second-order valence-electron chi connectivity index (χ2n) is 8.68. The molecule has 178 valence electrons. The quantitative estimate of drug-likeness (QED) is 0.470. The molecule has 2 saturated heterocycles. The average Bonchev–Trinajstić information content (AvgIpc) is 3.50. The minimum absolute atomic E-state index is 0.000473. The molecule has 0 spiro atoms. The molecule has 34 heavy (non-hydrogen) atoms. The lowest BCUT2D eigenvalue weighted by molar-refractivity contribution is -0.134. The molecule has 1 aromatic carbocycles. The molecule has 0 aliphatic carbocycles. The first kappa shape index (κ1) is 23.0. The Balaban J connectivity index is 1.13. The molecular weight excluding hydrogens is 483 g/mol. The second kappa shape index (κ2) is 9.14. The number of nitrogens with zero attached hydrogens (tertiary/aromatic N) is 3. The van der Waals surface area contributed by atoms with Crippen LogP contribution in [0, 0.1) is 11.8 Å². The number of thiazole rings is 1. The van der Waals surface area contributed by atoms with Gasteiger partial charge in [0.15, 0.2) is 5.01 Å². The Hall–Kier alpha value is -2.72. The molecule has 0 radical (unpaired) electrons. The zero-order valence-electron chi connectivity index (χ0n) is 18.1. The first-order valence-electron chi connectivity index (χ1n) is 11.0. The van der Waals surface area contributed by atoms with Crippen LogP contribution in [0.2, 0.25) is 0 Å². The molecule has 2 aliphatic heterocycles. The lowest BCUT2D eigenvalue weighted by atomic mass is 9.79. The number of hydrogen-bond donors (Lipinski definition) is 0. The lowest BCUT2D eigenvalue weighted by Crippen LogP contribution is -2.54. The Morgan fingerprint density at radius 2 is 1.62 bits per heavy atom. The van der Waals surface area contributed by atoms with Gasteiger partial charge in [0.05, 0.1) is 0 Å². The number of aromatic nitrogens is 1. The van der Waals surface area contributed by atoms with Crippen LogP contribution in [0.3, 0.4) is 0 Å². The van der Waals surface area contributed by atoms with Crippen molar-refractivity contribution in [3.05, 3.63) is 63.4 Å². The topological polar surface area (TPSA) is 53.5 Å². The first-order chi connectivity index (χ1) is 16.3. The Morgan fingerprint density at radius 3 is 2.21 bits per heavy atom. The fourth-order valence-corrected chi connectivity index (χ4v) is 6.10. The van der Waals surface area contributed by atoms with Gasteiger partial charge in [0.1, 0.15) is 4.88 Å². The predicted octanol–water partition coefficient (Wildman–Crippen LogP) is 5.51. The summed E-state index contributed by atoms with van der Waals surface area (Å²) in [5.41, 5.74) is 1.20. The molecule has 0 bridgehead atoms. The monoisotopic (exact) mass is 505 g/mol. The summed E-state index contributed by atoms with van der Waals surface area (Å²) >= 11 is 2.06. The number of piperidine rings is 1. The lowest BCUT2D eigenvalue weighted by Gasteiger charge is -2.45. The number of halogens is 3. The van der Waals surface area contributed by atoms with Crippen molar-refractivity contribution in [3.8, 4) is 10.4 Å². The van der Waals surface area contributed by atoms with Crippen molar-refractivity contribution in [2.24, 2.45) is 11.8 Å². The van der Waals surface area contributed by atoms with E-state index in [9.17, 15) is 22.8 Å². The molecule has 5 nitrogen and oxygen atoms in total. The standard InChI is InChI=1S/C24H22F3N3O2S2/c25-24(26,27)20-6-5-19(34-20)16-1-3-17(4-2-16)22(31)29-10-7-15(8-11-29)18-13-30(14-18)23(32)21-28-9-12-33-21/h1-6,9,12,15,18H,7-8,10-11,13-14H2. The Labute approximate surface area is 202 Å². The van der Waals surface area contributed by atoms with Crippen LogP contribution >= 0.6 is 22.7 Å². The van der Waals surface area contributed by atoms with Gasteiger partial charge in [0.2, 0.25) is 0 Å². The number of alkyl halides is 3. The number of carbonyl (C=O) groups is 2. The van der Waals surface area contributed by atoms with Crippen LogP contribution in [0.4, 0.5) is 13.2 Å². The molecule has 0 atom stereocenters. The zero-order chi connectivity index (χ0) is 23.9. The van der Waals surface area contributed by atoms with Crippen LogP contribution < -0.4 is 0 Å². The number of amides is 2. The van der Waals surface area contributed by atoms with Crippen LogP contribution in [0.25, 0.3) is 10.4 Å². The minimum atomic E-state index is -4.35. The summed E-state index contributed by atoms with van der Waals surface area (Å²) in [6.45, 7) is 2.83. The molecule has 2 fully saturated rings. The molecule has 0 unspecified atom stereocenters. The summed E-state index contributed by atoms with van der Waals surface area (Å²) in [7, 11) is 0. The number of hydrogen-bond acceptors (Lipinski definition) is 5. The normalized spacial score (nSPS) is 17.6. The largest absolute Gasteiger partial charge is 0.425 e. The summed E-state index contributed by atoms with van der Waals surface area (Å²) in [4.78, 5) is 32.9. The summed E-state index contributed by atoms with van der Waals surface area (Å²) < 4.78 is 38.6. The average molecular weight is 506 g/mol. The third kappa shape index (κ3) is 4.61. The molecule has 0 N–H and O–H groups in total. The van der Waals surface area contributed by atoms with Gasteiger partial charge in [-0.3, -0.25) is 9.59 Å². The second-order valence-corrected chi connectivity index (χ2v) is 10.7. The molecule has 5 rings (SSSR count). The van der Waals surface area contributed by atoms with E-state index in [1.165, 1.54) is 17.4 Å². The van der Waals surface area contributed by atoms with Crippen LogP contribution in [0.15, 0.2) is 48.0 Å². The van der Waals surface area contributed by atoms with Gasteiger partial charge >= 0.3 is 6.18 Å². The van der Waals surface area contributed by atoms with Crippen molar-refractivity contribution in [2.45, 2.75) is 19.0 Å². The van der Waals surface area contributed by atoms with Crippen LogP contribution in [0.1, 0.15) is 37.9 Å². The molecule has 0 saturated carbocycles. The van der Waals surface area contributed by atoms with Gasteiger partial charge in [0, 0.05) is 48.2 Å². The summed E-state index contributed by atoms with van der Waals surface area (Å²) in [5.74, 6) is 0.905. The minimum Gasteiger partial charge on any atom is -0.339 e. The fraction of sp³-hybridized carbons (Fsp3) is 0.375. The van der Waals surface area contributed by atoms with Gasteiger partial charge in [0.25, 0.3) is 11.8 Å². The van der Waals surface area contributed by atoms with Crippen molar-refractivity contribution in [1.29, 1.82) is 0 Å². The number of benzene rings is 1. The highest BCUT2D eigenvalue weighted by molar-refractivity contribution is 7.15. The van der Waals surface area contributed by atoms with Gasteiger partial charge in [-0.2, -0.15) is 13.2 Å². The number of likely N-dealkylation sites (tertiary alicyclic amines) is 2. The van der Waals surface area contributed by atoms with Crippen LogP contribution in [-0.4, -0.2) is 52.8 Å². The highest BCUT2D eigenvalue weighted by Gasteiger charge is 2.39. The molecule has 2 aliphatic rings. The van der Waals surface area contributed by atoms with Crippen molar-refractivity contribution in [2.75, 3.05) is 26.2 Å². The van der Waals surface area contributed by atoms with E-state index < -0.39 is 11.1 Å².